The maximum atomic E-state index is 12.2. The third-order valence-electron chi connectivity index (χ3n) is 3.45. The molecule has 1 aromatic rings. The lowest BCUT2D eigenvalue weighted by molar-refractivity contribution is -0.127. The number of ether oxygens (including phenoxy) is 1. The minimum absolute atomic E-state index is 0.00708. The van der Waals surface area contributed by atoms with E-state index in [2.05, 4.69) is 15.3 Å². The molecule has 1 aromatic heterocycles. The van der Waals surface area contributed by atoms with Crippen LogP contribution in [0.25, 0.3) is 0 Å². The third kappa shape index (κ3) is 3.50. The number of aryl methyl sites for hydroxylation is 2. The van der Waals surface area contributed by atoms with Crippen molar-refractivity contribution < 1.29 is 9.53 Å². The second-order valence-electron chi connectivity index (χ2n) is 4.96. The van der Waals surface area contributed by atoms with Gasteiger partial charge in [0.05, 0.1) is 12.0 Å². The van der Waals surface area contributed by atoms with Crippen LogP contribution in [0.1, 0.15) is 38.2 Å². The van der Waals surface area contributed by atoms with Crippen LogP contribution in [0.15, 0.2) is 6.07 Å². The Hall–Kier alpha value is -1.49. The number of nitrogens with zero attached hydrogens (tertiary/aromatic N) is 2. The molecule has 19 heavy (non-hydrogen) atoms. The van der Waals surface area contributed by atoms with Gasteiger partial charge in [-0.2, -0.15) is 0 Å². The van der Waals surface area contributed by atoms with Crippen molar-refractivity contribution in [3.63, 3.8) is 0 Å². The minimum Gasteiger partial charge on any atom is -0.378 e. The molecule has 1 aliphatic rings. The number of carbonyl (C=O) groups is 1. The highest BCUT2D eigenvalue weighted by Gasteiger charge is 2.28. The lowest BCUT2D eigenvalue weighted by atomic mass is 9.94. The average molecular weight is 263 g/mol. The number of rotatable bonds is 3. The fraction of sp³-hybridized carbons (Fsp3) is 0.643. The van der Waals surface area contributed by atoms with Crippen LogP contribution in [0, 0.1) is 12.8 Å². The Kier molecular flexibility index (Phi) is 4.47. The minimum atomic E-state index is -0.0888. The van der Waals surface area contributed by atoms with Gasteiger partial charge in [0, 0.05) is 18.4 Å². The second kappa shape index (κ2) is 6.10. The highest BCUT2D eigenvalue weighted by molar-refractivity contribution is 5.92. The first kappa shape index (κ1) is 13.9. The number of hydrogen-bond donors (Lipinski definition) is 1. The normalized spacial score (nSPS) is 23.1. The molecule has 1 amide bonds. The Bertz CT molecular complexity index is 462. The van der Waals surface area contributed by atoms with E-state index in [0.717, 1.165) is 31.6 Å². The summed E-state index contributed by atoms with van der Waals surface area (Å²) in [5.74, 6) is 1.18. The van der Waals surface area contributed by atoms with Gasteiger partial charge in [0.15, 0.2) is 0 Å². The van der Waals surface area contributed by atoms with Crippen LogP contribution in [0.4, 0.5) is 5.82 Å². The van der Waals surface area contributed by atoms with Gasteiger partial charge in [0.25, 0.3) is 0 Å². The molecule has 0 saturated carbocycles. The maximum absolute atomic E-state index is 12.2. The summed E-state index contributed by atoms with van der Waals surface area (Å²) in [7, 11) is 0. The predicted molar refractivity (Wildman–Crippen MR) is 72.9 cm³/mol. The molecule has 0 bridgehead atoms. The van der Waals surface area contributed by atoms with Crippen LogP contribution >= 0.6 is 0 Å². The fourth-order valence-corrected chi connectivity index (χ4v) is 2.36. The first-order valence-electron chi connectivity index (χ1n) is 6.87. The molecule has 5 nitrogen and oxygen atoms in total. The van der Waals surface area contributed by atoms with E-state index >= 15 is 0 Å². The van der Waals surface area contributed by atoms with E-state index in [9.17, 15) is 4.79 Å². The molecular formula is C14H21N3O2. The van der Waals surface area contributed by atoms with Gasteiger partial charge < -0.3 is 10.1 Å². The van der Waals surface area contributed by atoms with E-state index in [1.54, 1.807) is 0 Å². The summed E-state index contributed by atoms with van der Waals surface area (Å²) in [6.45, 7) is 6.56. The summed E-state index contributed by atoms with van der Waals surface area (Å²) in [6, 6.07) is 1.83. The van der Waals surface area contributed by atoms with E-state index in [1.807, 2.05) is 26.8 Å². The van der Waals surface area contributed by atoms with Crippen LogP contribution in [-0.2, 0) is 16.0 Å². The number of nitrogens with one attached hydrogen (secondary N) is 1. The van der Waals surface area contributed by atoms with E-state index in [-0.39, 0.29) is 17.9 Å². The van der Waals surface area contributed by atoms with Crippen molar-refractivity contribution >= 4 is 11.7 Å². The molecule has 0 aliphatic carbocycles. The summed E-state index contributed by atoms with van der Waals surface area (Å²) in [4.78, 5) is 20.8. The van der Waals surface area contributed by atoms with Gasteiger partial charge in [0.1, 0.15) is 11.6 Å². The zero-order valence-corrected chi connectivity index (χ0v) is 11.8. The molecule has 1 N–H and O–H groups in total. The fourth-order valence-electron chi connectivity index (χ4n) is 2.36. The number of hydrogen-bond acceptors (Lipinski definition) is 4. The molecule has 2 heterocycles. The molecule has 104 valence electrons. The van der Waals surface area contributed by atoms with Crippen molar-refractivity contribution in [2.45, 2.75) is 46.1 Å². The average Bonchev–Trinajstić information content (AvgIpc) is 2.38. The van der Waals surface area contributed by atoms with Crippen molar-refractivity contribution in [1.29, 1.82) is 0 Å². The topological polar surface area (TPSA) is 64.1 Å². The van der Waals surface area contributed by atoms with Crippen molar-refractivity contribution in [3.05, 3.63) is 17.6 Å². The molecule has 2 atom stereocenters. The van der Waals surface area contributed by atoms with Crippen LogP contribution in [-0.4, -0.2) is 28.6 Å². The van der Waals surface area contributed by atoms with E-state index in [0.29, 0.717) is 11.6 Å². The Morgan fingerprint density at radius 3 is 3.00 bits per heavy atom. The third-order valence-corrected chi connectivity index (χ3v) is 3.45. The number of carbonyl (C=O) groups excluding carboxylic acids is 1. The summed E-state index contributed by atoms with van der Waals surface area (Å²) in [5, 5.41) is 2.89. The van der Waals surface area contributed by atoms with Gasteiger partial charge in [-0.3, -0.25) is 4.79 Å². The maximum Gasteiger partial charge on any atom is 0.231 e. The van der Waals surface area contributed by atoms with Crippen molar-refractivity contribution in [2.75, 3.05) is 11.9 Å². The van der Waals surface area contributed by atoms with Crippen LogP contribution in [0.2, 0.25) is 0 Å². The number of amides is 1. The lowest BCUT2D eigenvalue weighted by Crippen LogP contribution is -2.36. The van der Waals surface area contributed by atoms with E-state index in [1.165, 1.54) is 0 Å². The molecule has 0 unspecified atom stereocenters. The van der Waals surface area contributed by atoms with Crippen LogP contribution in [0.5, 0.6) is 0 Å². The monoisotopic (exact) mass is 263 g/mol. The van der Waals surface area contributed by atoms with E-state index < -0.39 is 0 Å². The van der Waals surface area contributed by atoms with Crippen LogP contribution in [0.3, 0.4) is 0 Å². The second-order valence-corrected chi connectivity index (χ2v) is 4.96. The van der Waals surface area contributed by atoms with Gasteiger partial charge in [-0.05, 0) is 33.1 Å². The molecule has 0 spiro atoms. The molecule has 1 saturated heterocycles. The first-order chi connectivity index (χ1) is 9.10. The van der Waals surface area contributed by atoms with Gasteiger partial charge >= 0.3 is 0 Å². The smallest absolute Gasteiger partial charge is 0.231 e. The zero-order valence-electron chi connectivity index (χ0n) is 11.8. The Balaban J connectivity index is 2.07. The molecular weight excluding hydrogens is 242 g/mol. The standard InChI is InChI=1S/C14H21N3O2/c1-4-11-8-13(16-10(3)15-11)17-14(18)12-6-5-7-19-9(12)2/h8-9,12H,4-7H2,1-3H3,(H,15,16,17,18)/t9-,12-/m0/s1. The molecule has 0 radical (unpaired) electrons. The van der Waals surface area contributed by atoms with Crippen molar-refractivity contribution in [3.8, 4) is 0 Å². The van der Waals surface area contributed by atoms with Crippen molar-refractivity contribution in [1.82, 2.24) is 9.97 Å². The van der Waals surface area contributed by atoms with Crippen LogP contribution < -0.4 is 5.32 Å². The molecule has 1 fully saturated rings. The Morgan fingerprint density at radius 1 is 1.53 bits per heavy atom. The Morgan fingerprint density at radius 2 is 2.32 bits per heavy atom. The predicted octanol–water partition coefficient (Wildman–Crippen LogP) is 2.10. The number of anilines is 1. The van der Waals surface area contributed by atoms with Gasteiger partial charge in [-0.15, -0.1) is 0 Å². The molecule has 2 rings (SSSR count). The highest BCUT2D eigenvalue weighted by Crippen LogP contribution is 2.22. The molecule has 1 aliphatic heterocycles. The summed E-state index contributed by atoms with van der Waals surface area (Å²) in [6.07, 6.45) is 2.61. The zero-order chi connectivity index (χ0) is 13.8. The molecule has 0 aromatic carbocycles. The summed E-state index contributed by atoms with van der Waals surface area (Å²) < 4.78 is 5.52. The molecule has 5 heteroatoms. The number of aromatic nitrogens is 2. The van der Waals surface area contributed by atoms with Gasteiger partial charge in [0.2, 0.25) is 5.91 Å². The quantitative estimate of drug-likeness (QED) is 0.907. The largest absolute Gasteiger partial charge is 0.378 e. The summed E-state index contributed by atoms with van der Waals surface area (Å²) >= 11 is 0. The summed E-state index contributed by atoms with van der Waals surface area (Å²) in [5.41, 5.74) is 0.941. The highest BCUT2D eigenvalue weighted by atomic mass is 16.5. The van der Waals surface area contributed by atoms with E-state index in [4.69, 9.17) is 4.74 Å². The van der Waals surface area contributed by atoms with Gasteiger partial charge in [-0.1, -0.05) is 6.92 Å². The Labute approximate surface area is 113 Å². The first-order valence-corrected chi connectivity index (χ1v) is 6.87. The van der Waals surface area contributed by atoms with Crippen molar-refractivity contribution in [2.24, 2.45) is 5.92 Å². The lowest BCUT2D eigenvalue weighted by Gasteiger charge is -2.27. The van der Waals surface area contributed by atoms with Gasteiger partial charge in [-0.25, -0.2) is 9.97 Å². The SMILES string of the molecule is CCc1cc(NC(=O)[C@H]2CCCO[C@H]2C)nc(C)n1.